The maximum absolute atomic E-state index is 11.8. The van der Waals surface area contributed by atoms with Gasteiger partial charge in [0, 0.05) is 6.61 Å². The first-order chi connectivity index (χ1) is 9.11. The molecular formula is C16H30O4. The van der Waals surface area contributed by atoms with Crippen molar-refractivity contribution in [3.8, 4) is 0 Å². The van der Waals surface area contributed by atoms with Crippen LogP contribution in [0.25, 0.3) is 0 Å². The van der Waals surface area contributed by atoms with E-state index >= 15 is 0 Å². The molecule has 0 amide bonds. The molecule has 0 aromatic carbocycles. The molecule has 0 atom stereocenters. The number of ether oxygens (including phenoxy) is 1. The van der Waals surface area contributed by atoms with Crippen molar-refractivity contribution in [1.29, 1.82) is 0 Å². The van der Waals surface area contributed by atoms with Crippen LogP contribution in [-0.2, 0) is 9.53 Å². The summed E-state index contributed by atoms with van der Waals surface area (Å²) in [6.45, 7) is 7.38. The van der Waals surface area contributed by atoms with E-state index in [1.54, 1.807) is 13.8 Å². The molecular weight excluding hydrogens is 256 g/mol. The normalized spacial score (nSPS) is 24.5. The molecule has 0 radical (unpaired) electrons. The van der Waals surface area contributed by atoms with Crippen molar-refractivity contribution in [2.24, 2.45) is 11.8 Å². The highest BCUT2D eigenvalue weighted by Gasteiger charge is 2.31. The zero-order valence-electron chi connectivity index (χ0n) is 13.3. The van der Waals surface area contributed by atoms with Crippen LogP contribution in [0, 0.1) is 11.8 Å². The van der Waals surface area contributed by atoms with Gasteiger partial charge in [-0.25, -0.2) is 0 Å². The largest absolute Gasteiger partial charge is 0.460 e. The average molecular weight is 286 g/mol. The third-order valence-corrected chi connectivity index (χ3v) is 3.97. The highest BCUT2D eigenvalue weighted by Crippen LogP contribution is 2.34. The molecule has 0 aliphatic heterocycles. The number of carbonyl (C=O) groups is 1. The van der Waals surface area contributed by atoms with Crippen LogP contribution in [0.2, 0.25) is 0 Å². The van der Waals surface area contributed by atoms with E-state index in [1.807, 2.05) is 13.8 Å². The summed E-state index contributed by atoms with van der Waals surface area (Å²) in [5.41, 5.74) is -1.51. The molecule has 1 saturated carbocycles. The van der Waals surface area contributed by atoms with Crippen LogP contribution in [0.15, 0.2) is 0 Å². The topological polar surface area (TPSA) is 66.8 Å². The maximum Gasteiger partial charge on any atom is 0.309 e. The van der Waals surface area contributed by atoms with Crippen molar-refractivity contribution in [2.45, 2.75) is 77.4 Å². The fourth-order valence-corrected chi connectivity index (χ4v) is 3.05. The summed E-state index contributed by atoms with van der Waals surface area (Å²) in [6.07, 6.45) is 5.19. The van der Waals surface area contributed by atoms with Gasteiger partial charge in [-0.1, -0.05) is 0 Å². The van der Waals surface area contributed by atoms with Crippen LogP contribution in [-0.4, -0.2) is 34.0 Å². The van der Waals surface area contributed by atoms with Gasteiger partial charge >= 0.3 is 5.97 Å². The van der Waals surface area contributed by atoms with E-state index in [1.165, 1.54) is 0 Å². The van der Waals surface area contributed by atoms with E-state index in [-0.39, 0.29) is 19.0 Å². The Hall–Kier alpha value is -0.610. The van der Waals surface area contributed by atoms with Gasteiger partial charge < -0.3 is 14.9 Å². The van der Waals surface area contributed by atoms with E-state index in [2.05, 4.69) is 0 Å². The van der Waals surface area contributed by atoms with Crippen molar-refractivity contribution in [3.05, 3.63) is 0 Å². The Morgan fingerprint density at radius 3 is 2.05 bits per heavy atom. The molecule has 1 rings (SSSR count). The molecule has 1 aliphatic rings. The summed E-state index contributed by atoms with van der Waals surface area (Å²) in [4.78, 5) is 11.8. The minimum atomic E-state index is -1.02. The second-order valence-corrected chi connectivity index (χ2v) is 7.50. The number of esters is 1. The molecule has 0 spiro atoms. The number of hydrogen-bond donors (Lipinski definition) is 2. The summed E-state index contributed by atoms with van der Waals surface area (Å²) in [7, 11) is 0. The molecule has 0 bridgehead atoms. The van der Waals surface area contributed by atoms with Gasteiger partial charge in [0.25, 0.3) is 0 Å². The van der Waals surface area contributed by atoms with Crippen molar-refractivity contribution in [3.63, 3.8) is 0 Å². The Labute approximate surface area is 122 Å². The van der Waals surface area contributed by atoms with E-state index < -0.39 is 11.2 Å². The molecule has 118 valence electrons. The lowest BCUT2D eigenvalue weighted by atomic mass is 9.78. The fraction of sp³-hybridized carbons (Fsp3) is 0.938. The molecule has 0 heterocycles. The zero-order valence-corrected chi connectivity index (χ0v) is 13.3. The first-order valence-corrected chi connectivity index (χ1v) is 7.66. The number of aliphatic hydroxyl groups excluding tert-OH is 1. The predicted octanol–water partition coefficient (Wildman–Crippen LogP) is 2.66. The molecule has 20 heavy (non-hydrogen) atoms. The van der Waals surface area contributed by atoms with E-state index in [0.29, 0.717) is 11.8 Å². The van der Waals surface area contributed by atoms with Crippen LogP contribution in [0.4, 0.5) is 0 Å². The second kappa shape index (κ2) is 6.90. The van der Waals surface area contributed by atoms with E-state index in [4.69, 9.17) is 9.84 Å². The minimum Gasteiger partial charge on any atom is -0.460 e. The lowest BCUT2D eigenvalue weighted by molar-refractivity contribution is -0.162. The van der Waals surface area contributed by atoms with Gasteiger partial charge in [0.05, 0.1) is 12.0 Å². The highest BCUT2D eigenvalue weighted by molar-refractivity contribution is 5.71. The molecule has 0 saturated heterocycles. The van der Waals surface area contributed by atoms with E-state index in [0.717, 1.165) is 32.1 Å². The summed E-state index contributed by atoms with van der Waals surface area (Å²) >= 11 is 0. The maximum atomic E-state index is 11.8. The van der Waals surface area contributed by atoms with Crippen LogP contribution >= 0.6 is 0 Å². The Bertz CT molecular complexity index is 309. The lowest BCUT2D eigenvalue weighted by Crippen LogP contribution is -2.35. The number of rotatable bonds is 6. The molecule has 4 nitrogen and oxygen atoms in total. The molecule has 1 aliphatic carbocycles. The molecule has 0 aromatic heterocycles. The molecule has 2 N–H and O–H groups in total. The van der Waals surface area contributed by atoms with Gasteiger partial charge in [0.2, 0.25) is 0 Å². The summed E-state index contributed by atoms with van der Waals surface area (Å²) in [5.74, 6) is 0.668. The fourth-order valence-electron chi connectivity index (χ4n) is 3.05. The molecule has 0 unspecified atom stereocenters. The first-order valence-electron chi connectivity index (χ1n) is 7.66. The standard InChI is InChI=1S/C16H30O4/c1-15(2,19)10-14(18)20-16(3,4)9-12-5-7-13(11-17)8-6-12/h12-13,17,19H,5-11H2,1-4H3. The SMILES string of the molecule is CC(C)(O)CC(=O)OC(C)(C)CC1CCC(CO)CC1. The Morgan fingerprint density at radius 1 is 1.10 bits per heavy atom. The van der Waals surface area contributed by atoms with Crippen LogP contribution in [0.5, 0.6) is 0 Å². The van der Waals surface area contributed by atoms with Gasteiger partial charge in [-0.15, -0.1) is 0 Å². The number of hydrogen-bond acceptors (Lipinski definition) is 4. The monoisotopic (exact) mass is 286 g/mol. The van der Waals surface area contributed by atoms with Crippen LogP contribution < -0.4 is 0 Å². The van der Waals surface area contributed by atoms with Crippen molar-refractivity contribution in [1.82, 2.24) is 0 Å². The quantitative estimate of drug-likeness (QED) is 0.737. The van der Waals surface area contributed by atoms with Gasteiger partial charge in [-0.2, -0.15) is 0 Å². The summed E-state index contributed by atoms with van der Waals surface area (Å²) in [6, 6.07) is 0. The summed E-state index contributed by atoms with van der Waals surface area (Å²) < 4.78 is 5.52. The van der Waals surface area contributed by atoms with Gasteiger partial charge in [0.15, 0.2) is 0 Å². The van der Waals surface area contributed by atoms with Gasteiger partial charge in [0.1, 0.15) is 5.60 Å². The van der Waals surface area contributed by atoms with E-state index in [9.17, 15) is 9.90 Å². The Morgan fingerprint density at radius 2 is 1.60 bits per heavy atom. The third-order valence-electron chi connectivity index (χ3n) is 3.97. The molecule has 0 aromatic rings. The average Bonchev–Trinajstić information content (AvgIpc) is 2.25. The van der Waals surface area contributed by atoms with Gasteiger partial charge in [-0.3, -0.25) is 4.79 Å². The highest BCUT2D eigenvalue weighted by atomic mass is 16.6. The van der Waals surface area contributed by atoms with Crippen LogP contribution in [0.1, 0.15) is 66.2 Å². The van der Waals surface area contributed by atoms with Crippen LogP contribution in [0.3, 0.4) is 0 Å². The predicted molar refractivity (Wildman–Crippen MR) is 78.2 cm³/mol. The van der Waals surface area contributed by atoms with Crippen molar-refractivity contribution in [2.75, 3.05) is 6.61 Å². The summed E-state index contributed by atoms with van der Waals surface area (Å²) in [5, 5.41) is 18.8. The number of carbonyl (C=O) groups excluding carboxylic acids is 1. The number of aliphatic hydroxyl groups is 2. The Kier molecular flexibility index (Phi) is 6.02. The lowest BCUT2D eigenvalue weighted by Gasteiger charge is -2.34. The van der Waals surface area contributed by atoms with Gasteiger partial charge in [-0.05, 0) is 71.6 Å². The third kappa shape index (κ3) is 6.71. The smallest absolute Gasteiger partial charge is 0.309 e. The van der Waals surface area contributed by atoms with Crippen molar-refractivity contribution >= 4 is 5.97 Å². The second-order valence-electron chi connectivity index (χ2n) is 7.50. The molecule has 4 heteroatoms. The first kappa shape index (κ1) is 17.4. The zero-order chi connectivity index (χ0) is 15.4. The Balaban J connectivity index is 2.39. The molecule has 1 fully saturated rings. The minimum absolute atomic E-state index is 0.0215. The van der Waals surface area contributed by atoms with Crippen molar-refractivity contribution < 1.29 is 19.7 Å².